The van der Waals surface area contributed by atoms with Crippen LogP contribution in [0.5, 0.6) is 0 Å². The van der Waals surface area contributed by atoms with Gasteiger partial charge in [-0.05, 0) is 6.92 Å². The molecule has 5 nitrogen and oxygen atoms in total. The molecule has 54 valence electrons. The molecule has 0 aliphatic carbocycles. The molecule has 0 saturated heterocycles. The number of aromatic amines is 1. The number of nitrogen functional groups attached to an aromatic ring is 1. The Morgan fingerprint density at radius 1 is 1.60 bits per heavy atom. The number of nitrogens with two attached hydrogens (primary N) is 1. The van der Waals surface area contributed by atoms with Crippen molar-refractivity contribution in [1.82, 2.24) is 9.66 Å². The van der Waals surface area contributed by atoms with Crippen molar-refractivity contribution >= 4 is 0 Å². The third-order valence-corrected chi connectivity index (χ3v) is 1.10. The van der Waals surface area contributed by atoms with Crippen molar-refractivity contribution in [1.29, 1.82) is 0 Å². The molecule has 0 spiro atoms. The summed E-state index contributed by atoms with van der Waals surface area (Å²) in [6.07, 6.45) is 0. The van der Waals surface area contributed by atoms with Crippen LogP contribution in [0, 0.1) is 6.92 Å². The lowest BCUT2D eigenvalue weighted by atomic mass is 10.5. The first kappa shape index (κ1) is 6.60. The molecule has 0 saturated carbocycles. The van der Waals surface area contributed by atoms with Crippen LogP contribution in [0.15, 0.2) is 15.7 Å². The number of rotatable bonds is 0. The summed E-state index contributed by atoms with van der Waals surface area (Å²) in [5.41, 5.74) is -0.581. The Morgan fingerprint density at radius 3 is 2.70 bits per heavy atom. The Labute approximate surface area is 56.1 Å². The fourth-order valence-corrected chi connectivity index (χ4v) is 0.620. The second-order valence-electron chi connectivity index (χ2n) is 1.97. The first-order chi connectivity index (χ1) is 4.61. The highest BCUT2D eigenvalue weighted by molar-refractivity contribution is 4.95. The highest BCUT2D eigenvalue weighted by Gasteiger charge is 1.94. The van der Waals surface area contributed by atoms with E-state index in [0.29, 0.717) is 10.4 Å². The lowest BCUT2D eigenvalue weighted by molar-refractivity contribution is 0.819. The normalized spacial score (nSPS) is 9.70. The summed E-state index contributed by atoms with van der Waals surface area (Å²) in [5, 5.41) is 0. The fourth-order valence-electron chi connectivity index (χ4n) is 0.620. The number of nitrogens with zero attached hydrogens (tertiary/aromatic N) is 1. The third kappa shape index (κ3) is 0.928. The first-order valence-corrected chi connectivity index (χ1v) is 2.69. The molecule has 0 amide bonds. The molecule has 5 heteroatoms. The average molecular weight is 141 g/mol. The van der Waals surface area contributed by atoms with Gasteiger partial charge in [0.25, 0.3) is 5.56 Å². The molecule has 0 aromatic carbocycles. The number of hydrogen-bond acceptors (Lipinski definition) is 3. The van der Waals surface area contributed by atoms with Crippen molar-refractivity contribution in [3.05, 3.63) is 32.6 Å². The summed E-state index contributed by atoms with van der Waals surface area (Å²) < 4.78 is 0.521. The van der Waals surface area contributed by atoms with Gasteiger partial charge in [0, 0.05) is 11.8 Å². The van der Waals surface area contributed by atoms with E-state index in [1.54, 1.807) is 6.92 Å². The Balaban J connectivity index is 3.62. The molecule has 0 unspecified atom stereocenters. The predicted octanol–water partition coefficient (Wildman–Crippen LogP) is -1.44. The molecule has 1 aromatic rings. The summed E-state index contributed by atoms with van der Waals surface area (Å²) >= 11 is 0. The number of aryl methyl sites for hydroxylation is 1. The van der Waals surface area contributed by atoms with Crippen LogP contribution in [0.25, 0.3) is 0 Å². The van der Waals surface area contributed by atoms with Gasteiger partial charge in [0.2, 0.25) is 0 Å². The molecule has 0 atom stereocenters. The van der Waals surface area contributed by atoms with Gasteiger partial charge in [-0.3, -0.25) is 4.79 Å². The van der Waals surface area contributed by atoms with Gasteiger partial charge < -0.3 is 10.8 Å². The van der Waals surface area contributed by atoms with Crippen LogP contribution in [0.3, 0.4) is 0 Å². The minimum absolute atomic E-state index is 0.499. The van der Waals surface area contributed by atoms with Gasteiger partial charge >= 0.3 is 5.69 Å². The van der Waals surface area contributed by atoms with E-state index < -0.39 is 11.2 Å². The first-order valence-electron chi connectivity index (χ1n) is 2.69. The van der Waals surface area contributed by atoms with Gasteiger partial charge in [-0.1, -0.05) is 0 Å². The quantitative estimate of drug-likeness (QED) is 0.434. The molecule has 1 rings (SSSR count). The highest BCUT2D eigenvalue weighted by atomic mass is 16.2. The smallest absolute Gasteiger partial charge is 0.332 e. The molecule has 1 heterocycles. The van der Waals surface area contributed by atoms with E-state index in [1.807, 2.05) is 0 Å². The molecule has 0 aliphatic heterocycles. The van der Waals surface area contributed by atoms with E-state index in [2.05, 4.69) is 4.98 Å². The van der Waals surface area contributed by atoms with Crippen LogP contribution >= 0.6 is 0 Å². The van der Waals surface area contributed by atoms with Crippen LogP contribution in [-0.2, 0) is 0 Å². The molecule has 0 bridgehead atoms. The van der Waals surface area contributed by atoms with Crippen molar-refractivity contribution in [2.24, 2.45) is 0 Å². The summed E-state index contributed by atoms with van der Waals surface area (Å²) in [6.45, 7) is 1.61. The van der Waals surface area contributed by atoms with Crippen molar-refractivity contribution in [2.45, 2.75) is 6.92 Å². The Bertz CT molecular complexity index is 317. The lowest BCUT2D eigenvalue weighted by Gasteiger charge is -1.94. The SMILES string of the molecule is Cc1cc(=O)n(N)c(=O)[nH]1. The summed E-state index contributed by atoms with van der Waals surface area (Å²) in [6, 6.07) is 1.25. The Kier molecular flexibility index (Phi) is 1.33. The molecular weight excluding hydrogens is 134 g/mol. The van der Waals surface area contributed by atoms with E-state index in [1.165, 1.54) is 6.07 Å². The van der Waals surface area contributed by atoms with Crippen LogP contribution in [0.4, 0.5) is 0 Å². The zero-order valence-electron chi connectivity index (χ0n) is 5.42. The zero-order valence-corrected chi connectivity index (χ0v) is 5.42. The molecule has 10 heavy (non-hydrogen) atoms. The second kappa shape index (κ2) is 2.02. The summed E-state index contributed by atoms with van der Waals surface area (Å²) in [5.74, 6) is 5.01. The monoisotopic (exact) mass is 141 g/mol. The van der Waals surface area contributed by atoms with Crippen molar-refractivity contribution in [3.8, 4) is 0 Å². The van der Waals surface area contributed by atoms with Crippen LogP contribution < -0.4 is 17.1 Å². The largest absolute Gasteiger partial charge is 0.347 e. The Hall–Kier alpha value is -1.52. The fraction of sp³-hybridized carbons (Fsp3) is 0.200. The number of aromatic nitrogens is 2. The molecule has 0 aliphatic rings. The van der Waals surface area contributed by atoms with Gasteiger partial charge in [0.1, 0.15) is 0 Å². The summed E-state index contributed by atoms with van der Waals surface area (Å²) in [4.78, 5) is 23.7. The molecule has 0 radical (unpaired) electrons. The highest BCUT2D eigenvalue weighted by Crippen LogP contribution is 1.75. The van der Waals surface area contributed by atoms with E-state index in [4.69, 9.17) is 5.84 Å². The van der Waals surface area contributed by atoms with Crippen molar-refractivity contribution in [3.63, 3.8) is 0 Å². The van der Waals surface area contributed by atoms with Crippen molar-refractivity contribution < 1.29 is 0 Å². The van der Waals surface area contributed by atoms with Gasteiger partial charge in [-0.25, -0.2) is 4.79 Å². The van der Waals surface area contributed by atoms with Crippen molar-refractivity contribution in [2.75, 3.05) is 5.84 Å². The topological polar surface area (TPSA) is 80.9 Å². The number of H-pyrrole nitrogens is 1. The third-order valence-electron chi connectivity index (χ3n) is 1.10. The maximum Gasteiger partial charge on any atom is 0.347 e. The predicted molar refractivity (Wildman–Crippen MR) is 36.2 cm³/mol. The lowest BCUT2D eigenvalue weighted by Crippen LogP contribution is -2.40. The maximum atomic E-state index is 10.7. The molecule has 1 aromatic heterocycles. The standard InChI is InChI=1S/C5H7N3O2/c1-3-2-4(9)8(6)5(10)7-3/h2H,6H2,1H3,(H,7,10). The minimum atomic E-state index is -0.593. The number of hydrogen-bond donors (Lipinski definition) is 2. The molecule has 3 N–H and O–H groups in total. The summed E-state index contributed by atoms with van der Waals surface area (Å²) in [7, 11) is 0. The van der Waals surface area contributed by atoms with E-state index in [0.717, 1.165) is 0 Å². The minimum Gasteiger partial charge on any atom is -0.332 e. The average Bonchev–Trinajstić information content (AvgIpc) is 1.82. The molecular formula is C5H7N3O2. The van der Waals surface area contributed by atoms with Gasteiger partial charge in [-0.2, -0.15) is 4.68 Å². The number of nitrogens with one attached hydrogen (secondary N) is 1. The zero-order chi connectivity index (χ0) is 7.72. The van der Waals surface area contributed by atoms with Crippen LogP contribution in [0.2, 0.25) is 0 Å². The van der Waals surface area contributed by atoms with Crippen LogP contribution in [0.1, 0.15) is 5.69 Å². The van der Waals surface area contributed by atoms with Gasteiger partial charge in [-0.15, -0.1) is 0 Å². The van der Waals surface area contributed by atoms with Crippen LogP contribution in [-0.4, -0.2) is 9.66 Å². The van der Waals surface area contributed by atoms with E-state index >= 15 is 0 Å². The van der Waals surface area contributed by atoms with E-state index in [9.17, 15) is 9.59 Å². The second-order valence-corrected chi connectivity index (χ2v) is 1.97. The maximum absolute atomic E-state index is 10.7. The Morgan fingerprint density at radius 2 is 2.20 bits per heavy atom. The molecule has 0 fully saturated rings. The van der Waals surface area contributed by atoms with Gasteiger partial charge in [0.15, 0.2) is 0 Å². The van der Waals surface area contributed by atoms with E-state index in [-0.39, 0.29) is 0 Å². The van der Waals surface area contributed by atoms with Gasteiger partial charge in [0.05, 0.1) is 0 Å².